The zero-order chi connectivity index (χ0) is 19.6. The third kappa shape index (κ3) is 5.56. The highest BCUT2D eigenvalue weighted by Crippen LogP contribution is 2.21. The van der Waals surface area contributed by atoms with Gasteiger partial charge in [-0.1, -0.05) is 25.1 Å². The van der Waals surface area contributed by atoms with Crippen molar-refractivity contribution in [1.82, 2.24) is 5.32 Å². The lowest BCUT2D eigenvalue weighted by Crippen LogP contribution is -2.61. The van der Waals surface area contributed by atoms with Gasteiger partial charge in [0.2, 0.25) is 5.54 Å². The lowest BCUT2D eigenvalue weighted by Gasteiger charge is -2.30. The largest absolute Gasteiger partial charge is 0.464 e. The Labute approximate surface area is 153 Å². The molecule has 7 heteroatoms. The van der Waals surface area contributed by atoms with Gasteiger partial charge in [0.05, 0.1) is 19.3 Å². The highest BCUT2D eigenvalue weighted by Gasteiger charge is 2.50. The first-order chi connectivity index (χ1) is 12.4. The molecule has 0 saturated carbocycles. The Bertz CT molecular complexity index is 583. The molecule has 1 amide bonds. The molecule has 0 heterocycles. The average molecular weight is 365 g/mol. The first kappa shape index (κ1) is 21.6. The summed E-state index contributed by atoms with van der Waals surface area (Å²) >= 11 is 0. The van der Waals surface area contributed by atoms with Gasteiger partial charge in [-0.25, -0.2) is 9.59 Å². The van der Waals surface area contributed by atoms with E-state index in [2.05, 4.69) is 5.32 Å². The van der Waals surface area contributed by atoms with E-state index in [4.69, 9.17) is 9.47 Å². The summed E-state index contributed by atoms with van der Waals surface area (Å²) in [6, 6.07) is 8.23. The molecule has 0 aliphatic carbocycles. The number of aliphatic hydroxyl groups excluding tert-OH is 1. The Morgan fingerprint density at radius 3 is 2.04 bits per heavy atom. The van der Waals surface area contributed by atoms with Crippen LogP contribution in [0.25, 0.3) is 0 Å². The standard InChI is InChI=1S/C19H27NO6/c1-4-15(21)12-13-19(17(23)25-5-2,18(24)26-6-3)20-16(22)14-10-8-7-9-11-14/h7-11,15,21H,4-6,12-13H2,1-3H3,(H,20,22)/t15-/m1/s1. The van der Waals surface area contributed by atoms with Crippen molar-refractivity contribution in [2.75, 3.05) is 13.2 Å². The topological polar surface area (TPSA) is 102 Å². The third-order valence-corrected chi connectivity index (χ3v) is 3.93. The van der Waals surface area contributed by atoms with Crippen LogP contribution in [0.2, 0.25) is 0 Å². The number of aliphatic hydroxyl groups is 1. The van der Waals surface area contributed by atoms with Gasteiger partial charge in [0.1, 0.15) is 0 Å². The van der Waals surface area contributed by atoms with E-state index in [-0.39, 0.29) is 26.1 Å². The molecule has 0 aliphatic rings. The first-order valence-corrected chi connectivity index (χ1v) is 8.81. The normalized spacial score (nSPS) is 12.2. The van der Waals surface area contributed by atoms with Crippen molar-refractivity contribution in [2.24, 2.45) is 0 Å². The summed E-state index contributed by atoms with van der Waals surface area (Å²) in [5.74, 6) is -2.39. The SMILES string of the molecule is CCOC(=O)C(CC[C@H](O)CC)(NC(=O)c1ccccc1)C(=O)OCC. The number of nitrogens with one attached hydrogen (secondary N) is 1. The highest BCUT2D eigenvalue weighted by atomic mass is 16.6. The van der Waals surface area contributed by atoms with Crippen molar-refractivity contribution in [3.63, 3.8) is 0 Å². The quantitative estimate of drug-likeness (QED) is 0.484. The summed E-state index contributed by atoms with van der Waals surface area (Å²) < 4.78 is 10.1. The van der Waals surface area contributed by atoms with Crippen LogP contribution >= 0.6 is 0 Å². The maximum atomic E-state index is 12.6. The molecule has 1 rings (SSSR count). The van der Waals surface area contributed by atoms with Gasteiger partial charge in [-0.05, 0) is 45.2 Å². The van der Waals surface area contributed by atoms with E-state index in [1.165, 1.54) is 0 Å². The maximum absolute atomic E-state index is 12.6. The van der Waals surface area contributed by atoms with Crippen LogP contribution in [0.1, 0.15) is 50.4 Å². The van der Waals surface area contributed by atoms with Gasteiger partial charge in [0.25, 0.3) is 5.91 Å². The number of carbonyl (C=O) groups excluding carboxylic acids is 3. The van der Waals surface area contributed by atoms with Gasteiger partial charge in [0, 0.05) is 5.56 Å². The molecule has 0 unspecified atom stereocenters. The smallest absolute Gasteiger partial charge is 0.343 e. The summed E-state index contributed by atoms with van der Waals surface area (Å²) in [6.07, 6.45) is -0.262. The van der Waals surface area contributed by atoms with Gasteiger partial charge in [0.15, 0.2) is 0 Å². The lowest BCUT2D eigenvalue weighted by atomic mass is 9.90. The number of carbonyl (C=O) groups is 3. The molecule has 0 aliphatic heterocycles. The summed E-state index contributed by atoms with van der Waals surface area (Å²) in [4.78, 5) is 37.9. The molecule has 0 radical (unpaired) electrons. The molecule has 1 atom stereocenters. The molecule has 0 spiro atoms. The summed E-state index contributed by atoms with van der Waals surface area (Å²) in [6.45, 7) is 5.07. The van der Waals surface area contributed by atoms with Crippen LogP contribution in [0.3, 0.4) is 0 Å². The van der Waals surface area contributed by atoms with Crippen LogP contribution < -0.4 is 5.32 Å². The number of esters is 2. The Kier molecular flexibility index (Phi) is 8.78. The Balaban J connectivity index is 3.22. The Morgan fingerprint density at radius 1 is 1.04 bits per heavy atom. The third-order valence-electron chi connectivity index (χ3n) is 3.93. The van der Waals surface area contributed by atoms with E-state index >= 15 is 0 Å². The second-order valence-electron chi connectivity index (χ2n) is 5.77. The second kappa shape index (κ2) is 10.6. The van der Waals surface area contributed by atoms with Crippen molar-refractivity contribution in [2.45, 2.75) is 51.7 Å². The summed E-state index contributed by atoms with van der Waals surface area (Å²) in [5.41, 5.74) is -1.71. The number of ether oxygens (including phenoxy) is 2. The van der Waals surface area contributed by atoms with E-state index < -0.39 is 29.5 Å². The van der Waals surface area contributed by atoms with Gasteiger partial charge in [-0.15, -0.1) is 0 Å². The first-order valence-electron chi connectivity index (χ1n) is 8.81. The highest BCUT2D eigenvalue weighted by molar-refractivity contribution is 6.10. The van der Waals surface area contributed by atoms with Crippen molar-refractivity contribution >= 4 is 17.8 Å². The van der Waals surface area contributed by atoms with Crippen LogP contribution in [-0.2, 0) is 19.1 Å². The van der Waals surface area contributed by atoms with Gasteiger partial charge in [-0.2, -0.15) is 0 Å². The molecular formula is C19H27NO6. The second-order valence-corrected chi connectivity index (χ2v) is 5.77. The zero-order valence-electron chi connectivity index (χ0n) is 15.5. The minimum atomic E-state index is -2.00. The van der Waals surface area contributed by atoms with Crippen LogP contribution in [0.5, 0.6) is 0 Å². The van der Waals surface area contributed by atoms with E-state index in [1.54, 1.807) is 51.1 Å². The molecule has 0 aromatic heterocycles. The molecule has 1 aromatic carbocycles. The van der Waals surface area contributed by atoms with Crippen LogP contribution in [0.15, 0.2) is 30.3 Å². The minimum absolute atomic E-state index is 0.0392. The van der Waals surface area contributed by atoms with E-state index in [1.807, 2.05) is 0 Å². The van der Waals surface area contributed by atoms with Crippen LogP contribution in [-0.4, -0.2) is 47.8 Å². The molecule has 0 saturated heterocycles. The fourth-order valence-corrected chi connectivity index (χ4v) is 2.40. The van der Waals surface area contributed by atoms with Crippen molar-refractivity contribution in [1.29, 1.82) is 0 Å². The molecule has 2 N–H and O–H groups in total. The predicted octanol–water partition coefficient (Wildman–Crippen LogP) is 1.83. The summed E-state index contributed by atoms with van der Waals surface area (Å²) in [5, 5.41) is 12.4. The van der Waals surface area contributed by atoms with E-state index in [0.717, 1.165) is 0 Å². The minimum Gasteiger partial charge on any atom is -0.464 e. The predicted molar refractivity (Wildman–Crippen MR) is 95.4 cm³/mol. The average Bonchev–Trinajstić information content (AvgIpc) is 2.65. The number of benzene rings is 1. The Morgan fingerprint density at radius 2 is 1.58 bits per heavy atom. The number of hydrogen-bond donors (Lipinski definition) is 2. The summed E-state index contributed by atoms with van der Waals surface area (Å²) in [7, 11) is 0. The Hall–Kier alpha value is -2.41. The molecule has 7 nitrogen and oxygen atoms in total. The van der Waals surface area contributed by atoms with Gasteiger partial charge >= 0.3 is 11.9 Å². The monoisotopic (exact) mass is 365 g/mol. The van der Waals surface area contributed by atoms with Crippen LogP contribution in [0.4, 0.5) is 0 Å². The van der Waals surface area contributed by atoms with Gasteiger partial charge < -0.3 is 19.9 Å². The molecular weight excluding hydrogens is 338 g/mol. The lowest BCUT2D eigenvalue weighted by molar-refractivity contribution is -0.166. The van der Waals surface area contributed by atoms with Crippen molar-refractivity contribution < 1.29 is 29.0 Å². The maximum Gasteiger partial charge on any atom is 0.343 e. The van der Waals surface area contributed by atoms with E-state index in [9.17, 15) is 19.5 Å². The molecule has 1 aromatic rings. The fourth-order valence-electron chi connectivity index (χ4n) is 2.40. The number of hydrogen-bond acceptors (Lipinski definition) is 6. The van der Waals surface area contributed by atoms with Crippen molar-refractivity contribution in [3.05, 3.63) is 35.9 Å². The number of amides is 1. The van der Waals surface area contributed by atoms with Crippen LogP contribution in [0, 0.1) is 0 Å². The van der Waals surface area contributed by atoms with Gasteiger partial charge in [-0.3, -0.25) is 4.79 Å². The number of rotatable bonds is 10. The molecule has 0 fully saturated rings. The molecule has 0 bridgehead atoms. The fraction of sp³-hybridized carbons (Fsp3) is 0.526. The molecule has 144 valence electrons. The van der Waals surface area contributed by atoms with Crippen molar-refractivity contribution in [3.8, 4) is 0 Å². The zero-order valence-corrected chi connectivity index (χ0v) is 15.5. The molecule has 26 heavy (non-hydrogen) atoms. The van der Waals surface area contributed by atoms with E-state index in [0.29, 0.717) is 12.0 Å².